The van der Waals surface area contributed by atoms with Crippen molar-refractivity contribution in [2.75, 3.05) is 26.6 Å². The Kier molecular flexibility index (Phi) is 4.72. The molecule has 2 aromatic carbocycles. The van der Waals surface area contributed by atoms with Crippen molar-refractivity contribution in [2.45, 2.75) is 0 Å². The first kappa shape index (κ1) is 17.0. The molecule has 0 saturated carbocycles. The van der Waals surface area contributed by atoms with Gasteiger partial charge in [0, 0.05) is 23.0 Å². The van der Waals surface area contributed by atoms with E-state index in [1.807, 2.05) is 0 Å². The van der Waals surface area contributed by atoms with E-state index in [0.29, 0.717) is 44.4 Å². The summed E-state index contributed by atoms with van der Waals surface area (Å²) in [6, 6.07) is 8.64. The van der Waals surface area contributed by atoms with Gasteiger partial charge in [0.15, 0.2) is 11.5 Å². The van der Waals surface area contributed by atoms with Crippen LogP contribution in [0.5, 0.6) is 17.2 Å². The third-order valence-electron chi connectivity index (χ3n) is 3.82. The van der Waals surface area contributed by atoms with Crippen LogP contribution in [0.2, 0.25) is 5.02 Å². The molecule has 0 atom stereocenters. The van der Waals surface area contributed by atoms with Crippen molar-refractivity contribution in [3.8, 4) is 17.2 Å². The molecule has 0 bridgehead atoms. The number of carbonyl (C=O) groups is 1. The molecule has 3 rings (SSSR count). The van der Waals surface area contributed by atoms with E-state index in [1.165, 1.54) is 14.2 Å². The molecule has 0 radical (unpaired) electrons. The Bertz CT molecular complexity index is 919. The minimum absolute atomic E-state index is 0.279. The van der Waals surface area contributed by atoms with Crippen LogP contribution < -0.4 is 19.5 Å². The van der Waals surface area contributed by atoms with Crippen molar-refractivity contribution in [3.63, 3.8) is 0 Å². The summed E-state index contributed by atoms with van der Waals surface area (Å²) in [6.07, 6.45) is 1.62. The van der Waals surface area contributed by atoms with Gasteiger partial charge in [0.2, 0.25) is 5.75 Å². The van der Waals surface area contributed by atoms with Crippen LogP contribution in [0.1, 0.15) is 10.4 Å². The van der Waals surface area contributed by atoms with Crippen molar-refractivity contribution in [2.24, 2.45) is 0 Å². The van der Waals surface area contributed by atoms with E-state index in [2.05, 4.69) is 10.3 Å². The molecule has 1 amide bonds. The number of rotatable bonds is 5. The maximum atomic E-state index is 12.7. The highest BCUT2D eigenvalue weighted by Crippen LogP contribution is 2.44. The van der Waals surface area contributed by atoms with E-state index in [0.717, 1.165) is 0 Å². The third kappa shape index (κ3) is 3.08. The van der Waals surface area contributed by atoms with Crippen molar-refractivity contribution in [1.82, 2.24) is 4.98 Å². The smallest absolute Gasteiger partial charge is 0.257 e. The monoisotopic (exact) mass is 360 g/mol. The van der Waals surface area contributed by atoms with Crippen LogP contribution in [0.3, 0.4) is 0 Å². The van der Waals surface area contributed by atoms with E-state index in [1.54, 1.807) is 43.6 Å². The first-order chi connectivity index (χ1) is 12.1. The maximum Gasteiger partial charge on any atom is 0.257 e. The minimum atomic E-state index is -0.279. The Labute approximate surface area is 149 Å². The van der Waals surface area contributed by atoms with E-state index in [-0.39, 0.29) is 5.91 Å². The average molecular weight is 361 g/mol. The zero-order valence-electron chi connectivity index (χ0n) is 14.0. The van der Waals surface area contributed by atoms with E-state index in [9.17, 15) is 4.79 Å². The molecule has 3 aromatic rings. The highest BCUT2D eigenvalue weighted by atomic mass is 35.5. The number of anilines is 1. The largest absolute Gasteiger partial charge is 0.493 e. The number of halogens is 1. The number of H-pyrrole nitrogens is 1. The third-order valence-corrected chi connectivity index (χ3v) is 4.07. The van der Waals surface area contributed by atoms with Gasteiger partial charge in [0.1, 0.15) is 0 Å². The summed E-state index contributed by atoms with van der Waals surface area (Å²) in [7, 11) is 4.58. The number of aromatic amines is 1. The summed E-state index contributed by atoms with van der Waals surface area (Å²) < 4.78 is 16.2. The second-order valence-corrected chi connectivity index (χ2v) is 5.67. The molecule has 25 heavy (non-hydrogen) atoms. The molecule has 0 fully saturated rings. The van der Waals surface area contributed by atoms with Crippen LogP contribution in [0.25, 0.3) is 10.9 Å². The average Bonchev–Trinajstić information content (AvgIpc) is 3.05. The summed E-state index contributed by atoms with van der Waals surface area (Å²) in [5, 5.41) is 4.05. The molecular formula is C18H17ClN2O4. The summed E-state index contributed by atoms with van der Waals surface area (Å²) in [4.78, 5) is 15.8. The van der Waals surface area contributed by atoms with E-state index >= 15 is 0 Å². The second-order valence-electron chi connectivity index (χ2n) is 5.23. The molecule has 1 aromatic heterocycles. The lowest BCUT2D eigenvalue weighted by Gasteiger charge is -2.14. The molecule has 0 unspecified atom stereocenters. The zero-order valence-corrected chi connectivity index (χ0v) is 14.7. The fraction of sp³-hybridized carbons (Fsp3) is 0.167. The normalized spacial score (nSPS) is 10.6. The molecule has 0 aliphatic heterocycles. The summed E-state index contributed by atoms with van der Waals surface area (Å²) in [6.45, 7) is 0. The molecular weight excluding hydrogens is 344 g/mol. The lowest BCUT2D eigenvalue weighted by Crippen LogP contribution is -2.11. The van der Waals surface area contributed by atoms with Gasteiger partial charge in [-0.05, 0) is 24.3 Å². The number of methoxy groups -OCH3 is 3. The number of benzene rings is 2. The summed E-state index contributed by atoms with van der Waals surface area (Å²) in [5.74, 6) is 1.09. The SMILES string of the molecule is COc1cc2[nH]cc(C(=O)Nc3ccc(Cl)cc3)c2c(OC)c1OC. The van der Waals surface area contributed by atoms with Crippen LogP contribution in [0.15, 0.2) is 36.5 Å². The zero-order chi connectivity index (χ0) is 18.0. The van der Waals surface area contributed by atoms with Gasteiger partial charge >= 0.3 is 0 Å². The highest BCUT2D eigenvalue weighted by molar-refractivity contribution is 6.30. The van der Waals surface area contributed by atoms with Crippen molar-refractivity contribution >= 4 is 34.1 Å². The first-order valence-corrected chi connectivity index (χ1v) is 7.83. The number of aromatic nitrogens is 1. The highest BCUT2D eigenvalue weighted by Gasteiger charge is 2.22. The van der Waals surface area contributed by atoms with Crippen LogP contribution in [-0.2, 0) is 0 Å². The predicted octanol–water partition coefficient (Wildman–Crippen LogP) is 4.10. The second kappa shape index (κ2) is 6.94. The predicted molar refractivity (Wildman–Crippen MR) is 97.4 cm³/mol. The number of hydrogen-bond donors (Lipinski definition) is 2. The summed E-state index contributed by atoms with van der Waals surface area (Å²) >= 11 is 5.87. The van der Waals surface area contributed by atoms with Gasteiger partial charge in [-0.1, -0.05) is 11.6 Å². The van der Waals surface area contributed by atoms with Gasteiger partial charge in [-0.25, -0.2) is 0 Å². The van der Waals surface area contributed by atoms with Gasteiger partial charge in [-0.15, -0.1) is 0 Å². The lowest BCUT2D eigenvalue weighted by atomic mass is 10.1. The van der Waals surface area contributed by atoms with Crippen molar-refractivity contribution in [3.05, 3.63) is 47.1 Å². The molecule has 0 saturated heterocycles. The topological polar surface area (TPSA) is 72.6 Å². The summed E-state index contributed by atoms with van der Waals surface area (Å²) in [5.41, 5.74) is 1.78. The molecule has 7 heteroatoms. The number of nitrogens with one attached hydrogen (secondary N) is 2. The quantitative estimate of drug-likeness (QED) is 0.718. The number of amides is 1. The Balaban J connectivity index is 2.07. The van der Waals surface area contributed by atoms with Gasteiger partial charge in [0.25, 0.3) is 5.91 Å². The first-order valence-electron chi connectivity index (χ1n) is 7.46. The van der Waals surface area contributed by atoms with Crippen LogP contribution in [-0.4, -0.2) is 32.2 Å². The van der Waals surface area contributed by atoms with Gasteiger partial charge in [-0.2, -0.15) is 0 Å². The van der Waals surface area contributed by atoms with Crippen LogP contribution in [0.4, 0.5) is 5.69 Å². The molecule has 1 heterocycles. The van der Waals surface area contributed by atoms with Crippen molar-refractivity contribution in [1.29, 1.82) is 0 Å². The molecule has 130 valence electrons. The molecule has 6 nitrogen and oxygen atoms in total. The van der Waals surface area contributed by atoms with Crippen LogP contribution >= 0.6 is 11.6 Å². The Hall–Kier alpha value is -2.86. The number of fused-ring (bicyclic) bond motifs is 1. The van der Waals surface area contributed by atoms with E-state index in [4.69, 9.17) is 25.8 Å². The minimum Gasteiger partial charge on any atom is -0.493 e. The number of ether oxygens (including phenoxy) is 3. The number of carbonyl (C=O) groups excluding carboxylic acids is 1. The molecule has 0 aliphatic carbocycles. The molecule has 0 aliphatic rings. The number of hydrogen-bond acceptors (Lipinski definition) is 4. The Morgan fingerprint density at radius 3 is 2.32 bits per heavy atom. The Morgan fingerprint density at radius 1 is 1.04 bits per heavy atom. The fourth-order valence-corrected chi connectivity index (χ4v) is 2.80. The Morgan fingerprint density at radius 2 is 1.72 bits per heavy atom. The van der Waals surface area contributed by atoms with Crippen molar-refractivity contribution < 1.29 is 19.0 Å². The van der Waals surface area contributed by atoms with Crippen LogP contribution in [0, 0.1) is 0 Å². The standard InChI is InChI=1S/C18H17ClN2O4/c1-23-14-8-13-15(17(25-3)16(14)24-2)12(9-20-13)18(22)21-11-6-4-10(19)5-7-11/h4-9,20H,1-3H3,(H,21,22). The molecule has 0 spiro atoms. The fourth-order valence-electron chi connectivity index (χ4n) is 2.67. The van der Waals surface area contributed by atoms with Gasteiger partial charge in [0.05, 0.1) is 37.8 Å². The van der Waals surface area contributed by atoms with E-state index < -0.39 is 0 Å². The maximum absolute atomic E-state index is 12.7. The lowest BCUT2D eigenvalue weighted by molar-refractivity contribution is 0.102. The molecule has 2 N–H and O–H groups in total. The van der Waals surface area contributed by atoms with Gasteiger partial charge in [-0.3, -0.25) is 4.79 Å². The van der Waals surface area contributed by atoms with Gasteiger partial charge < -0.3 is 24.5 Å².